The number of rotatable bonds is 8. The number of thioether (sulfide) groups is 1. The molecule has 0 aliphatic carbocycles. The first-order valence-corrected chi connectivity index (χ1v) is 13.5. The number of carbonyl (C=O) groups is 3. The zero-order valence-corrected chi connectivity index (χ0v) is 24.0. The van der Waals surface area contributed by atoms with Crippen molar-refractivity contribution in [2.45, 2.75) is 23.5 Å². The van der Waals surface area contributed by atoms with E-state index in [0.717, 1.165) is 0 Å². The molecule has 6 nitrogen and oxygen atoms in total. The fourth-order valence-electron chi connectivity index (χ4n) is 3.22. The van der Waals surface area contributed by atoms with Crippen LogP contribution >= 0.6 is 81.4 Å². The van der Waals surface area contributed by atoms with Gasteiger partial charge in [-0.15, -0.1) is 11.8 Å². The van der Waals surface area contributed by atoms with Gasteiger partial charge in [0.15, 0.2) is 0 Å². The fraction of sp³-hybridized carbons (Fsp3) is 0.125. The van der Waals surface area contributed by atoms with Crippen molar-refractivity contribution in [3.8, 4) is 0 Å². The highest BCUT2D eigenvalue weighted by atomic mass is 35.5. The standard InChI is InChI=1S/C24H16Cl6N2O4S/c1-2-15(22(33)32-13-7-10(25)6-11(26)8-13)37-14-5-3-4-12(9-14)31-23(34)16-17(24(35)36)19(28)21(30)20(29)18(16)27/h3-9,15H,2H2,1H3,(H,31,34)(H,32,33)(H,35,36). The van der Waals surface area contributed by atoms with Crippen molar-refractivity contribution in [2.75, 3.05) is 10.6 Å². The Hall–Kier alpha value is -1.84. The van der Waals surface area contributed by atoms with E-state index in [4.69, 9.17) is 69.6 Å². The quantitative estimate of drug-likeness (QED) is 0.130. The lowest BCUT2D eigenvalue weighted by Gasteiger charge is -2.16. The van der Waals surface area contributed by atoms with Gasteiger partial charge in [0, 0.05) is 26.3 Å². The maximum atomic E-state index is 13.0. The van der Waals surface area contributed by atoms with Crippen LogP contribution in [0.2, 0.25) is 30.1 Å². The Morgan fingerprint density at radius 2 is 1.41 bits per heavy atom. The van der Waals surface area contributed by atoms with E-state index in [1.165, 1.54) is 11.8 Å². The van der Waals surface area contributed by atoms with Crippen LogP contribution in [0.25, 0.3) is 0 Å². The lowest BCUT2D eigenvalue weighted by molar-refractivity contribution is -0.115. The summed E-state index contributed by atoms with van der Waals surface area (Å²) < 4.78 is 0. The largest absolute Gasteiger partial charge is 0.478 e. The molecule has 0 heterocycles. The molecular formula is C24H16Cl6N2O4S. The molecule has 13 heteroatoms. The summed E-state index contributed by atoms with van der Waals surface area (Å²) in [6.07, 6.45) is 0.501. The van der Waals surface area contributed by atoms with Gasteiger partial charge in [0.25, 0.3) is 5.91 Å². The summed E-state index contributed by atoms with van der Waals surface area (Å²) in [6, 6.07) is 11.4. The van der Waals surface area contributed by atoms with Gasteiger partial charge in [-0.25, -0.2) is 4.79 Å². The van der Waals surface area contributed by atoms with Crippen LogP contribution < -0.4 is 10.6 Å². The van der Waals surface area contributed by atoms with Crippen LogP contribution in [0.3, 0.4) is 0 Å². The van der Waals surface area contributed by atoms with E-state index in [1.54, 1.807) is 42.5 Å². The van der Waals surface area contributed by atoms with Crippen molar-refractivity contribution in [1.82, 2.24) is 0 Å². The van der Waals surface area contributed by atoms with E-state index in [1.807, 2.05) is 6.92 Å². The topological polar surface area (TPSA) is 95.5 Å². The second-order valence-electron chi connectivity index (χ2n) is 7.46. The Morgan fingerprint density at radius 1 is 0.811 bits per heavy atom. The highest BCUT2D eigenvalue weighted by molar-refractivity contribution is 8.00. The Balaban J connectivity index is 1.81. The van der Waals surface area contributed by atoms with Crippen LogP contribution in [0.4, 0.5) is 11.4 Å². The normalized spacial score (nSPS) is 11.6. The molecule has 1 unspecified atom stereocenters. The lowest BCUT2D eigenvalue weighted by atomic mass is 10.1. The number of halogens is 6. The number of carboxylic acids is 1. The number of amides is 2. The molecule has 0 spiro atoms. The average molecular weight is 641 g/mol. The van der Waals surface area contributed by atoms with Crippen LogP contribution in [0.1, 0.15) is 34.1 Å². The number of hydrogen-bond donors (Lipinski definition) is 3. The predicted octanol–water partition coefficient (Wildman–Crippen LogP) is 9.07. The summed E-state index contributed by atoms with van der Waals surface area (Å²) in [4.78, 5) is 38.3. The molecule has 3 aromatic rings. The van der Waals surface area contributed by atoms with Crippen LogP contribution in [-0.2, 0) is 4.79 Å². The van der Waals surface area contributed by atoms with Gasteiger partial charge in [-0.1, -0.05) is 82.6 Å². The van der Waals surface area contributed by atoms with Gasteiger partial charge in [-0.3, -0.25) is 9.59 Å². The Kier molecular flexibility index (Phi) is 10.3. The predicted molar refractivity (Wildman–Crippen MR) is 153 cm³/mol. The Bertz CT molecular complexity index is 1380. The SMILES string of the molecule is CCC(Sc1cccc(NC(=O)c2c(Cl)c(Cl)c(Cl)c(Cl)c2C(=O)O)c1)C(=O)Nc1cc(Cl)cc(Cl)c1. The fourth-order valence-corrected chi connectivity index (χ4v) is 5.78. The van der Waals surface area contributed by atoms with Crippen molar-refractivity contribution < 1.29 is 19.5 Å². The first-order chi connectivity index (χ1) is 17.4. The number of hydrogen-bond acceptors (Lipinski definition) is 4. The molecule has 3 rings (SSSR count). The van der Waals surface area contributed by atoms with Gasteiger partial charge in [0.05, 0.1) is 36.5 Å². The highest BCUT2D eigenvalue weighted by Gasteiger charge is 2.29. The molecule has 0 fully saturated rings. The summed E-state index contributed by atoms with van der Waals surface area (Å²) in [5.41, 5.74) is -0.221. The third kappa shape index (κ3) is 7.18. The average Bonchev–Trinajstić information content (AvgIpc) is 2.82. The molecule has 0 aromatic heterocycles. The molecule has 2 amide bonds. The van der Waals surface area contributed by atoms with Crippen LogP contribution in [0.5, 0.6) is 0 Å². The summed E-state index contributed by atoms with van der Waals surface area (Å²) in [5, 5.41) is 14.0. The number of nitrogens with one attached hydrogen (secondary N) is 2. The van der Waals surface area contributed by atoms with E-state index in [9.17, 15) is 19.5 Å². The Labute approximate surface area is 246 Å². The zero-order valence-electron chi connectivity index (χ0n) is 18.7. The minimum atomic E-state index is -1.50. The molecule has 3 N–H and O–H groups in total. The number of aromatic carboxylic acids is 1. The van der Waals surface area contributed by atoms with E-state index < -0.39 is 33.3 Å². The highest BCUT2D eigenvalue weighted by Crippen LogP contribution is 2.42. The second kappa shape index (κ2) is 12.8. The minimum Gasteiger partial charge on any atom is -0.478 e. The van der Waals surface area contributed by atoms with Crippen LogP contribution in [0, 0.1) is 0 Å². The second-order valence-corrected chi connectivity index (χ2v) is 11.1. The number of carbonyl (C=O) groups excluding carboxylic acids is 2. The molecule has 0 aliphatic rings. The molecule has 0 saturated carbocycles. The van der Waals surface area contributed by atoms with Crippen molar-refractivity contribution in [2.24, 2.45) is 0 Å². The lowest BCUT2D eigenvalue weighted by Crippen LogP contribution is -2.24. The van der Waals surface area contributed by atoms with E-state index >= 15 is 0 Å². The van der Waals surface area contributed by atoms with Crippen LogP contribution in [-0.4, -0.2) is 28.1 Å². The van der Waals surface area contributed by atoms with Gasteiger partial charge in [0.2, 0.25) is 5.91 Å². The molecule has 0 aliphatic heterocycles. The first kappa shape index (κ1) is 29.7. The summed E-state index contributed by atoms with van der Waals surface area (Å²) >= 11 is 37.5. The molecule has 0 bridgehead atoms. The van der Waals surface area contributed by atoms with Gasteiger partial charge in [0.1, 0.15) is 0 Å². The maximum Gasteiger partial charge on any atom is 0.338 e. The first-order valence-electron chi connectivity index (χ1n) is 10.4. The van der Waals surface area contributed by atoms with Gasteiger partial charge in [-0.2, -0.15) is 0 Å². The van der Waals surface area contributed by atoms with Crippen molar-refractivity contribution in [1.29, 1.82) is 0 Å². The molecule has 0 radical (unpaired) electrons. The minimum absolute atomic E-state index is 0.245. The van der Waals surface area contributed by atoms with E-state index in [2.05, 4.69) is 10.6 Å². The van der Waals surface area contributed by atoms with Crippen molar-refractivity contribution >= 4 is 111 Å². The molecule has 194 valence electrons. The van der Waals surface area contributed by atoms with Gasteiger partial charge < -0.3 is 15.7 Å². The van der Waals surface area contributed by atoms with Crippen LogP contribution in [0.15, 0.2) is 47.4 Å². The Morgan fingerprint density at radius 3 is 1.97 bits per heavy atom. The van der Waals surface area contributed by atoms with E-state index in [0.29, 0.717) is 32.7 Å². The monoisotopic (exact) mass is 638 g/mol. The molecular weight excluding hydrogens is 625 g/mol. The van der Waals surface area contributed by atoms with Gasteiger partial charge in [-0.05, 0) is 42.8 Å². The smallest absolute Gasteiger partial charge is 0.338 e. The molecule has 0 saturated heterocycles. The maximum absolute atomic E-state index is 13.0. The van der Waals surface area contributed by atoms with Crippen molar-refractivity contribution in [3.63, 3.8) is 0 Å². The summed E-state index contributed by atoms with van der Waals surface area (Å²) in [6.45, 7) is 1.86. The zero-order chi connectivity index (χ0) is 27.4. The molecule has 37 heavy (non-hydrogen) atoms. The summed E-state index contributed by atoms with van der Waals surface area (Å²) in [7, 11) is 0. The number of anilines is 2. The third-order valence-electron chi connectivity index (χ3n) is 4.87. The number of benzene rings is 3. The summed E-state index contributed by atoms with van der Waals surface area (Å²) in [5.74, 6) is -2.62. The van der Waals surface area contributed by atoms with Crippen molar-refractivity contribution in [3.05, 3.63) is 83.7 Å². The van der Waals surface area contributed by atoms with Gasteiger partial charge >= 0.3 is 5.97 Å². The molecule has 3 aromatic carbocycles. The van der Waals surface area contributed by atoms with E-state index in [-0.39, 0.29) is 21.0 Å². The number of carboxylic acid groups (broad SMARTS) is 1. The third-order valence-corrected chi connectivity index (χ3v) is 8.47. The molecule has 1 atom stereocenters.